The Morgan fingerprint density at radius 3 is 2.70 bits per heavy atom. The van der Waals surface area contributed by atoms with Gasteiger partial charge in [0.25, 0.3) is 5.91 Å². The molecule has 0 unspecified atom stereocenters. The highest BCUT2D eigenvalue weighted by Crippen LogP contribution is 2.31. The van der Waals surface area contributed by atoms with Gasteiger partial charge in [0, 0.05) is 16.8 Å². The van der Waals surface area contributed by atoms with Gasteiger partial charge in [0.1, 0.15) is 0 Å². The molecular weight excluding hydrogens is 269 g/mol. The van der Waals surface area contributed by atoms with Crippen molar-refractivity contribution in [3.05, 3.63) is 41.0 Å². The lowest BCUT2D eigenvalue weighted by Crippen LogP contribution is -2.15. The average Bonchev–Trinajstić information content (AvgIpc) is 2.86. The molecule has 0 saturated carbocycles. The van der Waals surface area contributed by atoms with Gasteiger partial charge in [-0.1, -0.05) is 6.07 Å². The molecule has 1 amide bonds. The molecule has 3 nitrogen and oxygen atoms in total. The first-order chi connectivity index (χ1) is 9.41. The third-order valence-corrected chi connectivity index (χ3v) is 3.07. The van der Waals surface area contributed by atoms with Crippen LogP contribution in [0.5, 0.6) is 0 Å². The summed E-state index contributed by atoms with van der Waals surface area (Å²) in [6.07, 6.45) is -2.71. The summed E-state index contributed by atoms with van der Waals surface area (Å²) < 4.78 is 37.7. The number of hydrogen-bond donors (Lipinski definition) is 1. The number of hydrogen-bond acceptors (Lipinski definition) is 2. The zero-order chi connectivity index (χ0) is 14.8. The predicted octanol–water partition coefficient (Wildman–Crippen LogP) is 3.65. The Hall–Kier alpha value is -2.29. The second-order valence-electron chi connectivity index (χ2n) is 4.46. The van der Waals surface area contributed by atoms with Gasteiger partial charge in [0.05, 0.1) is 11.6 Å². The van der Waals surface area contributed by atoms with Gasteiger partial charge < -0.3 is 5.32 Å². The van der Waals surface area contributed by atoms with E-state index in [0.29, 0.717) is 30.4 Å². The fourth-order valence-electron chi connectivity index (χ4n) is 2.10. The van der Waals surface area contributed by atoms with Crippen molar-refractivity contribution in [2.45, 2.75) is 25.4 Å². The van der Waals surface area contributed by atoms with Crippen molar-refractivity contribution in [1.82, 2.24) is 0 Å². The fourth-order valence-corrected chi connectivity index (χ4v) is 2.10. The van der Waals surface area contributed by atoms with E-state index in [1.54, 1.807) is 0 Å². The lowest BCUT2D eigenvalue weighted by Gasteiger charge is -2.10. The molecule has 1 aromatic rings. The van der Waals surface area contributed by atoms with E-state index in [4.69, 9.17) is 5.26 Å². The number of nitrogens with zero attached hydrogens (tertiary/aromatic N) is 1. The number of nitrogens with one attached hydrogen (secondary N) is 1. The maximum atomic E-state index is 12.6. The zero-order valence-electron chi connectivity index (χ0n) is 10.4. The number of carbonyl (C=O) groups excluding carboxylic acids is 1. The molecule has 20 heavy (non-hydrogen) atoms. The SMILES string of the molecule is N#CC1=C(C(=O)Nc2cccc(C(F)(F)F)c2)CCC1. The van der Waals surface area contributed by atoms with Gasteiger partial charge in [-0.15, -0.1) is 0 Å². The highest BCUT2D eigenvalue weighted by atomic mass is 19.4. The third-order valence-electron chi connectivity index (χ3n) is 3.07. The van der Waals surface area contributed by atoms with Crippen molar-refractivity contribution in [3.63, 3.8) is 0 Å². The van der Waals surface area contributed by atoms with Crippen molar-refractivity contribution in [3.8, 4) is 6.07 Å². The molecule has 0 aliphatic heterocycles. The molecule has 0 spiro atoms. The number of alkyl halides is 3. The van der Waals surface area contributed by atoms with Crippen LogP contribution in [0.2, 0.25) is 0 Å². The molecule has 1 aromatic carbocycles. The molecule has 1 N–H and O–H groups in total. The summed E-state index contributed by atoms with van der Waals surface area (Å²) in [5, 5.41) is 11.3. The standard InChI is InChI=1S/C14H11F3N2O/c15-14(16,17)10-4-2-5-11(7-10)19-13(20)12-6-1-3-9(12)8-18/h2,4-5,7H,1,3,6H2,(H,19,20). The Kier molecular flexibility index (Phi) is 3.79. The van der Waals surface area contributed by atoms with Crippen LogP contribution in [0.1, 0.15) is 24.8 Å². The quantitative estimate of drug-likeness (QED) is 0.899. The van der Waals surface area contributed by atoms with Crippen molar-refractivity contribution in [1.29, 1.82) is 5.26 Å². The summed E-state index contributed by atoms with van der Waals surface area (Å²) in [5.74, 6) is -0.502. The second kappa shape index (κ2) is 5.37. The monoisotopic (exact) mass is 280 g/mol. The summed E-state index contributed by atoms with van der Waals surface area (Å²) in [6.45, 7) is 0. The van der Waals surface area contributed by atoms with Crippen LogP contribution < -0.4 is 5.32 Å². The molecule has 0 radical (unpaired) electrons. The molecule has 104 valence electrons. The molecule has 6 heteroatoms. The van der Waals surface area contributed by atoms with E-state index < -0.39 is 17.6 Å². The molecule has 1 aliphatic rings. The van der Waals surface area contributed by atoms with Crippen LogP contribution in [0.4, 0.5) is 18.9 Å². The number of amides is 1. The number of allylic oxidation sites excluding steroid dienone is 1. The number of halogens is 3. The molecule has 0 saturated heterocycles. The number of carbonyl (C=O) groups is 1. The van der Waals surface area contributed by atoms with Crippen LogP contribution in [-0.2, 0) is 11.0 Å². The van der Waals surface area contributed by atoms with Crippen LogP contribution in [0.25, 0.3) is 0 Å². The first-order valence-electron chi connectivity index (χ1n) is 6.02. The van der Waals surface area contributed by atoms with Crippen molar-refractivity contribution in [2.75, 3.05) is 5.32 Å². The van der Waals surface area contributed by atoms with Gasteiger partial charge in [0.2, 0.25) is 0 Å². The first-order valence-corrected chi connectivity index (χ1v) is 6.02. The maximum Gasteiger partial charge on any atom is 0.416 e. The Morgan fingerprint density at radius 1 is 1.30 bits per heavy atom. The normalized spacial score (nSPS) is 15.1. The van der Waals surface area contributed by atoms with Gasteiger partial charge >= 0.3 is 6.18 Å². The van der Waals surface area contributed by atoms with Crippen molar-refractivity contribution in [2.24, 2.45) is 0 Å². The largest absolute Gasteiger partial charge is 0.416 e. The first kappa shape index (κ1) is 14.1. The van der Waals surface area contributed by atoms with Gasteiger partial charge in [0.15, 0.2) is 0 Å². The summed E-state index contributed by atoms with van der Waals surface area (Å²) in [6, 6.07) is 6.38. The number of benzene rings is 1. The van der Waals surface area contributed by atoms with Crippen LogP contribution in [0.15, 0.2) is 35.4 Å². The summed E-state index contributed by atoms with van der Waals surface area (Å²) in [5.41, 5.74) is 0.0251. The molecule has 0 heterocycles. The smallest absolute Gasteiger partial charge is 0.322 e. The number of nitriles is 1. The lowest BCUT2D eigenvalue weighted by molar-refractivity contribution is -0.137. The van der Waals surface area contributed by atoms with Gasteiger partial charge in [-0.25, -0.2) is 0 Å². The summed E-state index contributed by atoms with van der Waals surface area (Å²) in [7, 11) is 0. The molecule has 0 fully saturated rings. The van der Waals surface area contributed by atoms with E-state index in [1.807, 2.05) is 6.07 Å². The van der Waals surface area contributed by atoms with E-state index in [9.17, 15) is 18.0 Å². The van der Waals surface area contributed by atoms with Crippen LogP contribution in [0, 0.1) is 11.3 Å². The lowest BCUT2D eigenvalue weighted by atomic mass is 10.1. The Morgan fingerprint density at radius 2 is 2.05 bits per heavy atom. The van der Waals surface area contributed by atoms with Crippen LogP contribution in [-0.4, -0.2) is 5.91 Å². The Balaban J connectivity index is 2.19. The molecule has 2 rings (SSSR count). The van der Waals surface area contributed by atoms with E-state index >= 15 is 0 Å². The van der Waals surface area contributed by atoms with E-state index in [2.05, 4.69) is 5.32 Å². The van der Waals surface area contributed by atoms with Crippen LogP contribution >= 0.6 is 0 Å². The fraction of sp³-hybridized carbons (Fsp3) is 0.286. The Labute approximate surface area is 113 Å². The average molecular weight is 280 g/mol. The van der Waals surface area contributed by atoms with Crippen molar-refractivity contribution < 1.29 is 18.0 Å². The third kappa shape index (κ3) is 2.99. The topological polar surface area (TPSA) is 52.9 Å². The number of rotatable bonds is 2. The van der Waals surface area contributed by atoms with Gasteiger partial charge in [-0.05, 0) is 37.5 Å². The zero-order valence-corrected chi connectivity index (χ0v) is 10.4. The highest BCUT2D eigenvalue weighted by Gasteiger charge is 2.30. The molecule has 1 aliphatic carbocycles. The number of anilines is 1. The highest BCUT2D eigenvalue weighted by molar-refractivity contribution is 6.05. The summed E-state index contributed by atoms with van der Waals surface area (Å²) >= 11 is 0. The van der Waals surface area contributed by atoms with E-state index in [-0.39, 0.29) is 5.69 Å². The minimum Gasteiger partial charge on any atom is -0.322 e. The summed E-state index contributed by atoms with van der Waals surface area (Å²) in [4.78, 5) is 11.9. The van der Waals surface area contributed by atoms with Crippen LogP contribution in [0.3, 0.4) is 0 Å². The molecular formula is C14H11F3N2O. The Bertz CT molecular complexity index is 612. The minimum atomic E-state index is -4.45. The minimum absolute atomic E-state index is 0.0708. The molecule has 0 aromatic heterocycles. The molecule has 0 atom stereocenters. The van der Waals surface area contributed by atoms with E-state index in [0.717, 1.165) is 12.1 Å². The van der Waals surface area contributed by atoms with Gasteiger partial charge in [-0.2, -0.15) is 18.4 Å². The molecule has 0 bridgehead atoms. The van der Waals surface area contributed by atoms with E-state index in [1.165, 1.54) is 12.1 Å². The second-order valence-corrected chi connectivity index (χ2v) is 4.46. The van der Waals surface area contributed by atoms with Crippen molar-refractivity contribution >= 4 is 11.6 Å². The van der Waals surface area contributed by atoms with Gasteiger partial charge in [-0.3, -0.25) is 4.79 Å². The predicted molar refractivity (Wildman–Crippen MR) is 66.6 cm³/mol. The maximum absolute atomic E-state index is 12.6.